The average molecular weight is 251 g/mol. The molecule has 1 saturated heterocycles. The predicted molar refractivity (Wildman–Crippen MR) is 64.4 cm³/mol. The van der Waals surface area contributed by atoms with Crippen LogP contribution in [0, 0.1) is 0 Å². The number of rotatable bonds is 1. The Bertz CT molecular complexity index is 500. The second kappa shape index (κ2) is 4.79. The van der Waals surface area contributed by atoms with E-state index in [2.05, 4.69) is 14.9 Å². The summed E-state index contributed by atoms with van der Waals surface area (Å²) in [4.78, 5) is 21.5. The van der Waals surface area contributed by atoms with Gasteiger partial charge in [-0.1, -0.05) is 0 Å². The largest absolute Gasteiger partial charge is 0.376 e. The fourth-order valence-electron chi connectivity index (χ4n) is 2.36. The first-order chi connectivity index (χ1) is 8.74. The van der Waals surface area contributed by atoms with Crippen LogP contribution >= 0.6 is 0 Å². The molecule has 18 heavy (non-hydrogen) atoms. The summed E-state index contributed by atoms with van der Waals surface area (Å²) in [5.41, 5.74) is 1.43. The van der Waals surface area contributed by atoms with Crippen molar-refractivity contribution in [1.29, 1.82) is 0 Å². The van der Waals surface area contributed by atoms with Crippen molar-refractivity contribution < 1.29 is 9.47 Å². The van der Waals surface area contributed by atoms with E-state index in [1.165, 1.54) is 0 Å². The van der Waals surface area contributed by atoms with Gasteiger partial charge in [0, 0.05) is 19.5 Å². The standard InChI is InChI=1S/C12H17N3O3/c1-15-3-5-18-10(6-15)11-13-9-2-4-17-7-8(9)12(16)14-11/h10H,2-7H2,1H3,(H,13,14,16). The first kappa shape index (κ1) is 11.8. The summed E-state index contributed by atoms with van der Waals surface area (Å²) in [5.74, 6) is 0.646. The quantitative estimate of drug-likeness (QED) is 0.751. The van der Waals surface area contributed by atoms with Gasteiger partial charge in [0.2, 0.25) is 0 Å². The molecule has 1 fully saturated rings. The summed E-state index contributed by atoms with van der Waals surface area (Å²) >= 11 is 0. The SMILES string of the molecule is CN1CCOC(c2nc3c(c(=O)[nH]2)COCC3)C1. The number of hydrogen-bond acceptors (Lipinski definition) is 5. The summed E-state index contributed by atoms with van der Waals surface area (Å²) in [6, 6.07) is 0. The Morgan fingerprint density at radius 1 is 1.44 bits per heavy atom. The smallest absolute Gasteiger partial charge is 0.256 e. The fourth-order valence-corrected chi connectivity index (χ4v) is 2.36. The van der Waals surface area contributed by atoms with Crippen LogP contribution in [0.3, 0.4) is 0 Å². The number of morpholine rings is 1. The molecule has 98 valence electrons. The lowest BCUT2D eigenvalue weighted by atomic mass is 10.1. The van der Waals surface area contributed by atoms with Gasteiger partial charge in [0.25, 0.3) is 5.56 Å². The van der Waals surface area contributed by atoms with Gasteiger partial charge in [0.05, 0.1) is 31.1 Å². The van der Waals surface area contributed by atoms with Crippen LogP contribution < -0.4 is 5.56 Å². The van der Waals surface area contributed by atoms with E-state index < -0.39 is 0 Å². The Morgan fingerprint density at radius 3 is 3.17 bits per heavy atom. The number of fused-ring (bicyclic) bond motifs is 1. The van der Waals surface area contributed by atoms with Gasteiger partial charge >= 0.3 is 0 Å². The molecule has 1 aromatic rings. The summed E-state index contributed by atoms with van der Waals surface area (Å²) in [5, 5.41) is 0. The van der Waals surface area contributed by atoms with Crippen LogP contribution in [0.25, 0.3) is 0 Å². The van der Waals surface area contributed by atoms with Crippen LogP contribution in [0.2, 0.25) is 0 Å². The van der Waals surface area contributed by atoms with Crippen molar-refractivity contribution in [3.05, 3.63) is 27.4 Å². The summed E-state index contributed by atoms with van der Waals surface area (Å²) < 4.78 is 11.0. The van der Waals surface area contributed by atoms with Crippen LogP contribution in [0.15, 0.2) is 4.79 Å². The molecule has 0 aliphatic carbocycles. The van der Waals surface area contributed by atoms with Gasteiger partial charge in [0.15, 0.2) is 0 Å². The molecule has 0 spiro atoms. The van der Waals surface area contributed by atoms with Crippen molar-refractivity contribution in [2.75, 3.05) is 33.4 Å². The van der Waals surface area contributed by atoms with Crippen molar-refractivity contribution in [1.82, 2.24) is 14.9 Å². The predicted octanol–water partition coefficient (Wildman–Crippen LogP) is -0.154. The van der Waals surface area contributed by atoms with E-state index in [-0.39, 0.29) is 11.7 Å². The van der Waals surface area contributed by atoms with Gasteiger partial charge in [-0.15, -0.1) is 0 Å². The zero-order chi connectivity index (χ0) is 12.5. The number of aromatic amines is 1. The zero-order valence-corrected chi connectivity index (χ0v) is 10.4. The van der Waals surface area contributed by atoms with Crippen LogP contribution in [0.5, 0.6) is 0 Å². The molecule has 0 amide bonds. The lowest BCUT2D eigenvalue weighted by Gasteiger charge is -2.29. The molecule has 6 heteroatoms. The number of ether oxygens (including phenoxy) is 2. The third-order valence-electron chi connectivity index (χ3n) is 3.42. The first-order valence-corrected chi connectivity index (χ1v) is 6.24. The van der Waals surface area contributed by atoms with Crippen molar-refractivity contribution in [2.24, 2.45) is 0 Å². The van der Waals surface area contributed by atoms with Gasteiger partial charge < -0.3 is 19.4 Å². The van der Waals surface area contributed by atoms with E-state index in [1.54, 1.807) is 0 Å². The second-order valence-electron chi connectivity index (χ2n) is 4.80. The van der Waals surface area contributed by atoms with Crippen LogP contribution in [0.4, 0.5) is 0 Å². The molecule has 0 aromatic carbocycles. The van der Waals surface area contributed by atoms with E-state index in [4.69, 9.17) is 9.47 Å². The minimum Gasteiger partial charge on any atom is -0.376 e. The minimum absolute atomic E-state index is 0.0912. The van der Waals surface area contributed by atoms with Crippen LogP contribution in [0.1, 0.15) is 23.2 Å². The van der Waals surface area contributed by atoms with Gasteiger partial charge in [0.1, 0.15) is 11.9 Å². The highest BCUT2D eigenvalue weighted by Gasteiger charge is 2.24. The van der Waals surface area contributed by atoms with E-state index in [1.807, 2.05) is 7.05 Å². The Balaban J connectivity index is 1.93. The molecule has 1 aromatic heterocycles. The Morgan fingerprint density at radius 2 is 2.33 bits per heavy atom. The van der Waals surface area contributed by atoms with Crippen molar-refractivity contribution >= 4 is 0 Å². The highest BCUT2D eigenvalue weighted by molar-refractivity contribution is 5.19. The Labute approximate surface area is 105 Å². The maximum atomic E-state index is 12.0. The number of likely N-dealkylation sites (N-methyl/N-ethyl adjacent to an activating group) is 1. The highest BCUT2D eigenvalue weighted by atomic mass is 16.5. The van der Waals surface area contributed by atoms with Gasteiger partial charge in [-0.05, 0) is 7.05 Å². The van der Waals surface area contributed by atoms with Gasteiger partial charge in [-0.25, -0.2) is 4.98 Å². The molecular weight excluding hydrogens is 234 g/mol. The molecule has 6 nitrogen and oxygen atoms in total. The summed E-state index contributed by atoms with van der Waals surface area (Å²) in [7, 11) is 2.04. The summed E-state index contributed by atoms with van der Waals surface area (Å²) in [6.45, 7) is 3.35. The van der Waals surface area contributed by atoms with Gasteiger partial charge in [-0.2, -0.15) is 0 Å². The zero-order valence-electron chi connectivity index (χ0n) is 10.4. The molecule has 3 rings (SSSR count). The van der Waals surface area contributed by atoms with Crippen LogP contribution in [-0.2, 0) is 22.5 Å². The van der Waals surface area contributed by atoms with E-state index in [0.717, 1.165) is 18.8 Å². The molecular formula is C12H17N3O3. The molecule has 1 unspecified atom stereocenters. The van der Waals surface area contributed by atoms with E-state index in [0.29, 0.717) is 37.6 Å². The first-order valence-electron chi connectivity index (χ1n) is 6.24. The lowest BCUT2D eigenvalue weighted by molar-refractivity contribution is -0.0259. The fraction of sp³-hybridized carbons (Fsp3) is 0.667. The molecule has 0 bridgehead atoms. The molecule has 1 N–H and O–H groups in total. The number of H-pyrrole nitrogens is 1. The molecule has 3 heterocycles. The third kappa shape index (κ3) is 2.19. The number of aromatic nitrogens is 2. The lowest BCUT2D eigenvalue weighted by Crippen LogP contribution is -2.37. The number of nitrogens with one attached hydrogen (secondary N) is 1. The maximum Gasteiger partial charge on any atom is 0.256 e. The molecule has 0 saturated carbocycles. The maximum absolute atomic E-state index is 12.0. The average Bonchev–Trinajstić information content (AvgIpc) is 2.39. The second-order valence-corrected chi connectivity index (χ2v) is 4.80. The monoisotopic (exact) mass is 251 g/mol. The minimum atomic E-state index is -0.135. The van der Waals surface area contributed by atoms with Crippen molar-refractivity contribution in [3.8, 4) is 0 Å². The van der Waals surface area contributed by atoms with Crippen molar-refractivity contribution in [3.63, 3.8) is 0 Å². The van der Waals surface area contributed by atoms with Gasteiger partial charge in [-0.3, -0.25) is 4.79 Å². The van der Waals surface area contributed by atoms with Crippen molar-refractivity contribution in [2.45, 2.75) is 19.1 Å². The normalized spacial score (nSPS) is 24.8. The third-order valence-corrected chi connectivity index (χ3v) is 3.42. The molecule has 2 aliphatic heterocycles. The number of hydrogen-bond donors (Lipinski definition) is 1. The topological polar surface area (TPSA) is 67.5 Å². The highest BCUT2D eigenvalue weighted by Crippen LogP contribution is 2.19. The molecule has 2 aliphatic rings. The van der Waals surface area contributed by atoms with Crippen LogP contribution in [-0.4, -0.2) is 48.2 Å². The number of nitrogens with zero attached hydrogens (tertiary/aromatic N) is 2. The van der Waals surface area contributed by atoms with E-state index in [9.17, 15) is 4.79 Å². The molecule has 1 atom stereocenters. The van der Waals surface area contributed by atoms with E-state index >= 15 is 0 Å². The Hall–Kier alpha value is -1.24. The Kier molecular flexibility index (Phi) is 3.15. The molecule has 0 radical (unpaired) electrons. The summed E-state index contributed by atoms with van der Waals surface area (Å²) in [6.07, 6.45) is 0.569.